The van der Waals surface area contributed by atoms with Crippen LogP contribution in [0.1, 0.15) is 19.3 Å². The highest BCUT2D eigenvalue weighted by molar-refractivity contribution is 6.36. The lowest BCUT2D eigenvalue weighted by molar-refractivity contribution is 0.188. The molecule has 4 aromatic rings. The molecule has 0 saturated carbocycles. The Kier molecular flexibility index (Phi) is 6.70. The Hall–Kier alpha value is -3.11. The number of likely N-dealkylation sites (N-methyl/N-ethyl adjacent to an activating group) is 2. The zero-order valence-electron chi connectivity index (χ0n) is 22.7. The van der Waals surface area contributed by atoms with Gasteiger partial charge in [0.15, 0.2) is 5.82 Å². The summed E-state index contributed by atoms with van der Waals surface area (Å²) in [5, 5.41) is 9.86. The van der Waals surface area contributed by atoms with E-state index in [2.05, 4.69) is 37.4 Å². The first-order valence-corrected chi connectivity index (χ1v) is 14.4. The lowest BCUT2D eigenvalue weighted by Gasteiger charge is -2.34. The van der Waals surface area contributed by atoms with Crippen LogP contribution in [0.3, 0.4) is 0 Å². The van der Waals surface area contributed by atoms with Gasteiger partial charge in [-0.15, -0.1) is 0 Å². The Bertz CT molecular complexity index is 1570. The fourth-order valence-electron chi connectivity index (χ4n) is 6.63. The number of halogens is 2. The molecule has 40 heavy (non-hydrogen) atoms. The second-order valence-corrected chi connectivity index (χ2v) is 11.7. The first-order valence-electron chi connectivity index (χ1n) is 14.0. The van der Waals surface area contributed by atoms with Crippen molar-refractivity contribution in [1.82, 2.24) is 30.5 Å². The fraction of sp³-hybridized carbons (Fsp3) is 0.433. The summed E-state index contributed by atoms with van der Waals surface area (Å²) in [5.41, 5.74) is 1.07. The van der Waals surface area contributed by atoms with Gasteiger partial charge in [-0.2, -0.15) is 9.97 Å². The van der Waals surface area contributed by atoms with Gasteiger partial charge in [0.2, 0.25) is 0 Å². The number of ether oxygens (including phenoxy) is 1. The molecule has 2 aromatic heterocycles. The van der Waals surface area contributed by atoms with Crippen LogP contribution in [0.2, 0.25) is 5.02 Å². The minimum atomic E-state index is -0.496. The number of nitrogens with one attached hydrogen (secondary N) is 2. The molecule has 4 atom stereocenters. The Balaban J connectivity index is 1.32. The molecule has 0 amide bonds. The highest BCUT2D eigenvalue weighted by Crippen LogP contribution is 2.38. The predicted molar refractivity (Wildman–Crippen MR) is 157 cm³/mol. The number of anilines is 1. The second-order valence-electron chi connectivity index (χ2n) is 11.3. The summed E-state index contributed by atoms with van der Waals surface area (Å²) in [4.78, 5) is 18.7. The van der Waals surface area contributed by atoms with Crippen molar-refractivity contribution < 1.29 is 9.13 Å². The number of pyridine rings is 1. The van der Waals surface area contributed by atoms with E-state index in [0.717, 1.165) is 49.7 Å². The molecule has 5 heterocycles. The minimum Gasteiger partial charge on any atom is -0.462 e. The number of fused-ring (bicyclic) bond motifs is 4. The molecule has 0 aliphatic carbocycles. The Labute approximate surface area is 237 Å². The number of piperazine rings is 1. The zero-order valence-corrected chi connectivity index (χ0v) is 23.5. The van der Waals surface area contributed by atoms with Gasteiger partial charge < -0.3 is 20.3 Å². The molecule has 2 aromatic carbocycles. The normalized spacial score (nSPS) is 24.9. The van der Waals surface area contributed by atoms with Gasteiger partial charge in [-0.1, -0.05) is 41.9 Å². The van der Waals surface area contributed by atoms with E-state index < -0.39 is 5.82 Å². The average molecular weight is 562 g/mol. The van der Waals surface area contributed by atoms with Crippen molar-refractivity contribution in [3.63, 3.8) is 0 Å². The quantitative estimate of drug-likeness (QED) is 0.362. The number of rotatable bonds is 6. The lowest BCUT2D eigenvalue weighted by Crippen LogP contribution is -2.51. The van der Waals surface area contributed by atoms with Crippen molar-refractivity contribution in [2.45, 2.75) is 43.4 Å². The van der Waals surface area contributed by atoms with E-state index in [1.54, 1.807) is 6.20 Å². The highest BCUT2D eigenvalue weighted by atomic mass is 35.5. The summed E-state index contributed by atoms with van der Waals surface area (Å²) in [7, 11) is 4.08. The van der Waals surface area contributed by atoms with Crippen LogP contribution in [0, 0.1) is 5.82 Å². The van der Waals surface area contributed by atoms with Crippen molar-refractivity contribution >= 4 is 39.1 Å². The number of nitrogens with zero attached hydrogens (tertiary/aromatic N) is 5. The molecule has 2 bridgehead atoms. The van der Waals surface area contributed by atoms with E-state index in [-0.39, 0.29) is 23.3 Å². The topological polar surface area (TPSA) is 78.4 Å². The molecule has 208 valence electrons. The van der Waals surface area contributed by atoms with E-state index >= 15 is 4.39 Å². The Morgan fingerprint density at radius 3 is 2.62 bits per heavy atom. The van der Waals surface area contributed by atoms with Crippen LogP contribution in [-0.4, -0.2) is 84.4 Å². The maximum Gasteiger partial charge on any atom is 0.319 e. The number of benzene rings is 2. The van der Waals surface area contributed by atoms with Gasteiger partial charge >= 0.3 is 6.01 Å². The molecule has 2 unspecified atom stereocenters. The average Bonchev–Trinajstić information content (AvgIpc) is 3.51. The summed E-state index contributed by atoms with van der Waals surface area (Å²) in [6, 6.07) is 13.0. The number of hydrogen-bond donors (Lipinski definition) is 2. The molecule has 10 heteroatoms. The largest absolute Gasteiger partial charge is 0.462 e. The third-order valence-electron chi connectivity index (χ3n) is 8.77. The van der Waals surface area contributed by atoms with Gasteiger partial charge in [0, 0.05) is 66.0 Å². The van der Waals surface area contributed by atoms with Gasteiger partial charge in [-0.05, 0) is 44.8 Å². The number of hydrogen-bond acceptors (Lipinski definition) is 8. The molecule has 3 aliphatic heterocycles. The monoisotopic (exact) mass is 561 g/mol. The van der Waals surface area contributed by atoms with Gasteiger partial charge in [0.1, 0.15) is 23.6 Å². The van der Waals surface area contributed by atoms with Crippen molar-refractivity contribution in [3.05, 3.63) is 53.4 Å². The van der Waals surface area contributed by atoms with Crippen LogP contribution in [0.4, 0.5) is 10.2 Å². The van der Waals surface area contributed by atoms with Crippen molar-refractivity contribution in [3.8, 4) is 17.3 Å². The van der Waals surface area contributed by atoms with E-state index in [1.807, 2.05) is 43.4 Å². The highest BCUT2D eigenvalue weighted by Gasteiger charge is 2.35. The molecule has 3 saturated heterocycles. The van der Waals surface area contributed by atoms with Crippen LogP contribution in [-0.2, 0) is 0 Å². The molecular formula is C30H33ClFN7O. The Morgan fingerprint density at radius 2 is 1.88 bits per heavy atom. The van der Waals surface area contributed by atoms with Crippen LogP contribution < -0.4 is 20.3 Å². The van der Waals surface area contributed by atoms with Gasteiger partial charge in [-0.25, -0.2) is 4.39 Å². The van der Waals surface area contributed by atoms with E-state index in [4.69, 9.17) is 21.3 Å². The standard InChI is InChI=1S/C30H33ClFN7O/c1-33-20-11-21(38(2)13-20)16-40-30-36-28-23(29(37-30)39-14-18-9-10-19(15-39)35-18)12-34-27(26(28)32)22-7-3-5-17-6-4-8-24(31)25(17)22/h3-8,12,18-21,33,35H,9-11,13-16H2,1-2H3/t18?,19?,20-,21+/m1/s1. The summed E-state index contributed by atoms with van der Waals surface area (Å²) in [6.45, 7) is 3.00. The third-order valence-corrected chi connectivity index (χ3v) is 9.08. The number of likely N-dealkylation sites (tertiary alicyclic amines) is 1. The first kappa shape index (κ1) is 25.8. The third kappa shape index (κ3) is 4.55. The SMILES string of the molecule is CN[C@@H]1C[C@@H](COc2nc(N3CC4CCC(C3)N4)c3cnc(-c4cccc5cccc(Cl)c45)c(F)c3n2)N(C)C1. The molecule has 2 N–H and O–H groups in total. The van der Waals surface area contributed by atoms with Gasteiger partial charge in [-0.3, -0.25) is 9.88 Å². The van der Waals surface area contributed by atoms with E-state index in [1.165, 1.54) is 0 Å². The molecular weight excluding hydrogens is 529 g/mol. The molecule has 0 spiro atoms. The van der Waals surface area contributed by atoms with Crippen LogP contribution >= 0.6 is 11.6 Å². The first-order chi connectivity index (χ1) is 19.5. The summed E-state index contributed by atoms with van der Waals surface area (Å²) >= 11 is 6.59. The molecule has 3 fully saturated rings. The maximum atomic E-state index is 16.5. The van der Waals surface area contributed by atoms with Gasteiger partial charge in [0.25, 0.3) is 0 Å². The summed E-state index contributed by atoms with van der Waals surface area (Å²) in [5.74, 6) is 0.185. The zero-order chi connectivity index (χ0) is 27.4. The van der Waals surface area contributed by atoms with E-state index in [0.29, 0.717) is 46.5 Å². The van der Waals surface area contributed by atoms with Crippen molar-refractivity contribution in [1.29, 1.82) is 0 Å². The molecule has 7 rings (SSSR count). The maximum absolute atomic E-state index is 16.5. The lowest BCUT2D eigenvalue weighted by atomic mass is 10.0. The van der Waals surface area contributed by atoms with Crippen LogP contribution in [0.25, 0.3) is 32.9 Å². The minimum absolute atomic E-state index is 0.196. The molecule has 3 aliphatic rings. The van der Waals surface area contributed by atoms with Crippen molar-refractivity contribution in [2.24, 2.45) is 0 Å². The smallest absolute Gasteiger partial charge is 0.319 e. The Morgan fingerprint density at radius 1 is 1.10 bits per heavy atom. The predicted octanol–water partition coefficient (Wildman–Crippen LogP) is 4.25. The molecule has 8 nitrogen and oxygen atoms in total. The van der Waals surface area contributed by atoms with Gasteiger partial charge in [0.05, 0.1) is 5.39 Å². The number of aromatic nitrogens is 3. The van der Waals surface area contributed by atoms with Crippen LogP contribution in [0.5, 0.6) is 6.01 Å². The van der Waals surface area contributed by atoms with Crippen LogP contribution in [0.15, 0.2) is 42.6 Å². The van der Waals surface area contributed by atoms with Crippen molar-refractivity contribution in [2.75, 3.05) is 45.2 Å². The second kappa shape index (κ2) is 10.4. The summed E-state index contributed by atoms with van der Waals surface area (Å²) < 4.78 is 22.7. The fourth-order valence-corrected chi connectivity index (χ4v) is 6.92. The summed E-state index contributed by atoms with van der Waals surface area (Å²) in [6.07, 6.45) is 4.94. The molecule has 0 radical (unpaired) electrons. The van der Waals surface area contributed by atoms with E-state index in [9.17, 15) is 0 Å².